The first kappa shape index (κ1) is 13.4. The first-order valence-corrected chi connectivity index (χ1v) is 6.68. The Morgan fingerprint density at radius 3 is 2.72 bits per heavy atom. The molecule has 0 aromatic carbocycles. The topological polar surface area (TPSA) is 73.1 Å². The van der Waals surface area contributed by atoms with Gasteiger partial charge in [0, 0.05) is 19.0 Å². The molecule has 1 unspecified atom stereocenters. The van der Waals surface area contributed by atoms with E-state index in [1.165, 1.54) is 19.3 Å². The summed E-state index contributed by atoms with van der Waals surface area (Å²) < 4.78 is 6.07. The predicted octanol–water partition coefficient (Wildman–Crippen LogP) is 1.72. The molecule has 1 aliphatic rings. The highest BCUT2D eigenvalue weighted by molar-refractivity contribution is 5.10. The zero-order valence-electron chi connectivity index (χ0n) is 10.9. The Labute approximate surface area is 108 Å². The number of aromatic nitrogens is 2. The van der Waals surface area contributed by atoms with Gasteiger partial charge in [-0.15, -0.1) is 0 Å². The van der Waals surface area contributed by atoms with Crippen molar-refractivity contribution in [3.63, 3.8) is 0 Å². The van der Waals surface area contributed by atoms with Crippen LogP contribution in [0.5, 0.6) is 0 Å². The van der Waals surface area contributed by atoms with Crippen LogP contribution >= 0.6 is 0 Å². The van der Waals surface area contributed by atoms with Gasteiger partial charge in [0.15, 0.2) is 0 Å². The van der Waals surface area contributed by atoms with Crippen LogP contribution in [0.15, 0.2) is 18.6 Å². The van der Waals surface area contributed by atoms with E-state index in [0.29, 0.717) is 6.61 Å². The van der Waals surface area contributed by atoms with Crippen LogP contribution in [-0.2, 0) is 4.74 Å². The third-order valence-electron chi connectivity index (χ3n) is 3.70. The van der Waals surface area contributed by atoms with Gasteiger partial charge >= 0.3 is 0 Å². The van der Waals surface area contributed by atoms with Crippen molar-refractivity contribution in [3.8, 4) is 0 Å². The lowest BCUT2D eigenvalue weighted by Gasteiger charge is -2.42. The molecule has 0 amide bonds. The fourth-order valence-corrected chi connectivity index (χ4v) is 2.92. The van der Waals surface area contributed by atoms with Crippen molar-refractivity contribution >= 4 is 0 Å². The van der Waals surface area contributed by atoms with Crippen LogP contribution in [0.2, 0.25) is 0 Å². The molecule has 1 aliphatic carbocycles. The summed E-state index contributed by atoms with van der Waals surface area (Å²) in [6, 6.07) is -0.0913. The first-order valence-electron chi connectivity index (χ1n) is 6.68. The fourth-order valence-electron chi connectivity index (χ4n) is 2.92. The number of hydrogen-bond donors (Lipinski definition) is 2. The van der Waals surface area contributed by atoms with Crippen LogP contribution < -0.4 is 11.3 Å². The normalized spacial score (nSPS) is 20.6. The number of nitrogens with two attached hydrogens (primary N) is 1. The standard InChI is InChI=1S/C13H22N4O/c1-2-18-13(6-4-3-5-7-13)12(17-14)11-10-15-8-9-16-11/h8-10,12,17H,2-7,14H2,1H3. The van der Waals surface area contributed by atoms with Gasteiger partial charge in [-0.05, 0) is 19.8 Å². The first-order chi connectivity index (χ1) is 8.82. The van der Waals surface area contributed by atoms with Crippen molar-refractivity contribution < 1.29 is 4.74 Å². The molecule has 100 valence electrons. The second kappa shape index (κ2) is 6.22. The lowest BCUT2D eigenvalue weighted by molar-refractivity contribution is -0.0922. The summed E-state index contributed by atoms with van der Waals surface area (Å²) in [6.45, 7) is 2.72. The maximum Gasteiger partial charge on any atom is 0.0937 e. The Bertz CT molecular complexity index is 346. The SMILES string of the molecule is CCOC1(C(NN)c2cnccn2)CCCCC1. The molecule has 1 saturated carbocycles. The molecule has 0 radical (unpaired) electrons. The van der Waals surface area contributed by atoms with E-state index in [9.17, 15) is 0 Å². The van der Waals surface area contributed by atoms with Crippen molar-refractivity contribution in [2.24, 2.45) is 5.84 Å². The summed E-state index contributed by atoms with van der Waals surface area (Å²) in [5, 5.41) is 0. The number of hydrazine groups is 1. The van der Waals surface area contributed by atoms with Crippen molar-refractivity contribution in [3.05, 3.63) is 24.3 Å². The second-order valence-corrected chi connectivity index (χ2v) is 4.79. The molecule has 0 aliphatic heterocycles. The summed E-state index contributed by atoms with van der Waals surface area (Å²) in [5.74, 6) is 5.75. The number of nitrogens with one attached hydrogen (secondary N) is 1. The molecule has 3 N–H and O–H groups in total. The highest BCUT2D eigenvalue weighted by atomic mass is 16.5. The summed E-state index contributed by atoms with van der Waals surface area (Å²) in [6.07, 6.45) is 10.8. The third-order valence-corrected chi connectivity index (χ3v) is 3.70. The number of hydrogen-bond acceptors (Lipinski definition) is 5. The van der Waals surface area contributed by atoms with Gasteiger partial charge in [-0.25, -0.2) is 5.43 Å². The van der Waals surface area contributed by atoms with Gasteiger partial charge in [0.05, 0.1) is 23.5 Å². The average Bonchev–Trinajstić information content (AvgIpc) is 2.42. The van der Waals surface area contributed by atoms with Crippen LogP contribution in [0.4, 0.5) is 0 Å². The minimum Gasteiger partial charge on any atom is -0.373 e. The molecular weight excluding hydrogens is 228 g/mol. The molecule has 1 heterocycles. The van der Waals surface area contributed by atoms with Crippen LogP contribution in [-0.4, -0.2) is 22.2 Å². The fraction of sp³-hybridized carbons (Fsp3) is 0.692. The van der Waals surface area contributed by atoms with E-state index >= 15 is 0 Å². The van der Waals surface area contributed by atoms with Gasteiger partial charge in [-0.3, -0.25) is 15.8 Å². The van der Waals surface area contributed by atoms with E-state index in [1.54, 1.807) is 18.6 Å². The molecule has 0 saturated heterocycles. The Hall–Kier alpha value is -1.04. The van der Waals surface area contributed by atoms with Crippen LogP contribution in [0.1, 0.15) is 50.8 Å². The maximum absolute atomic E-state index is 6.07. The van der Waals surface area contributed by atoms with Crippen molar-refractivity contribution in [2.75, 3.05) is 6.61 Å². The van der Waals surface area contributed by atoms with E-state index in [2.05, 4.69) is 15.4 Å². The number of nitrogens with zero attached hydrogens (tertiary/aromatic N) is 2. The zero-order valence-corrected chi connectivity index (χ0v) is 10.9. The second-order valence-electron chi connectivity index (χ2n) is 4.79. The zero-order chi connectivity index (χ0) is 12.8. The van der Waals surface area contributed by atoms with Gasteiger partial charge < -0.3 is 4.74 Å². The smallest absolute Gasteiger partial charge is 0.0937 e. The van der Waals surface area contributed by atoms with Gasteiger partial charge in [-0.1, -0.05) is 19.3 Å². The molecule has 2 rings (SSSR count). The summed E-state index contributed by atoms with van der Waals surface area (Å²) in [7, 11) is 0. The van der Waals surface area contributed by atoms with Crippen LogP contribution in [0.3, 0.4) is 0 Å². The van der Waals surface area contributed by atoms with Crippen molar-refractivity contribution in [2.45, 2.75) is 50.7 Å². The number of rotatable bonds is 5. The molecule has 1 aromatic heterocycles. The van der Waals surface area contributed by atoms with E-state index in [4.69, 9.17) is 10.6 Å². The Kier molecular flexibility index (Phi) is 4.63. The van der Waals surface area contributed by atoms with Crippen LogP contribution in [0, 0.1) is 0 Å². The minimum absolute atomic E-state index is 0.0913. The third kappa shape index (κ3) is 2.68. The monoisotopic (exact) mass is 250 g/mol. The molecule has 5 heteroatoms. The van der Waals surface area contributed by atoms with E-state index in [1.807, 2.05) is 6.92 Å². The van der Waals surface area contributed by atoms with E-state index < -0.39 is 0 Å². The largest absolute Gasteiger partial charge is 0.373 e. The lowest BCUT2D eigenvalue weighted by atomic mass is 9.78. The molecule has 1 aromatic rings. The molecule has 18 heavy (non-hydrogen) atoms. The Balaban J connectivity index is 2.27. The molecule has 1 fully saturated rings. The minimum atomic E-state index is -0.238. The van der Waals surface area contributed by atoms with Gasteiger partial charge in [0.2, 0.25) is 0 Å². The van der Waals surface area contributed by atoms with Gasteiger partial charge in [-0.2, -0.15) is 0 Å². The average molecular weight is 250 g/mol. The molecule has 5 nitrogen and oxygen atoms in total. The van der Waals surface area contributed by atoms with Crippen LogP contribution in [0.25, 0.3) is 0 Å². The predicted molar refractivity (Wildman–Crippen MR) is 69.5 cm³/mol. The van der Waals surface area contributed by atoms with Crippen molar-refractivity contribution in [1.82, 2.24) is 15.4 Å². The molecule has 0 spiro atoms. The number of ether oxygens (including phenoxy) is 1. The van der Waals surface area contributed by atoms with E-state index in [0.717, 1.165) is 18.5 Å². The summed E-state index contributed by atoms with van der Waals surface area (Å²) in [5.41, 5.74) is 3.50. The summed E-state index contributed by atoms with van der Waals surface area (Å²) >= 11 is 0. The van der Waals surface area contributed by atoms with Gasteiger partial charge in [0.25, 0.3) is 0 Å². The van der Waals surface area contributed by atoms with Gasteiger partial charge in [0.1, 0.15) is 0 Å². The molecule has 0 bridgehead atoms. The van der Waals surface area contributed by atoms with E-state index in [-0.39, 0.29) is 11.6 Å². The molecular formula is C13H22N4O. The summed E-state index contributed by atoms with van der Waals surface area (Å²) in [4.78, 5) is 8.49. The van der Waals surface area contributed by atoms with Crippen molar-refractivity contribution in [1.29, 1.82) is 0 Å². The Morgan fingerprint density at radius 2 is 2.17 bits per heavy atom. The highest BCUT2D eigenvalue weighted by Gasteiger charge is 2.41. The molecule has 1 atom stereocenters. The Morgan fingerprint density at radius 1 is 1.39 bits per heavy atom. The quantitative estimate of drug-likeness (QED) is 0.615. The highest BCUT2D eigenvalue weighted by Crippen LogP contribution is 2.40. The lowest BCUT2D eigenvalue weighted by Crippen LogP contribution is -2.50. The maximum atomic E-state index is 6.07.